The number of hydrogen-bond donors (Lipinski definition) is 2. The maximum atomic E-state index is 13.9. The zero-order valence-electron chi connectivity index (χ0n) is 16.4. The van der Waals surface area contributed by atoms with Gasteiger partial charge in [-0.1, -0.05) is 19.1 Å². The number of nitrogens with one attached hydrogen (secondary N) is 1. The lowest BCUT2D eigenvalue weighted by Gasteiger charge is -2.10. The highest BCUT2D eigenvalue weighted by atomic mass is 19.1. The van der Waals surface area contributed by atoms with Crippen molar-refractivity contribution < 1.29 is 13.2 Å². The van der Waals surface area contributed by atoms with Crippen LogP contribution in [-0.2, 0) is 6.42 Å². The van der Waals surface area contributed by atoms with Gasteiger partial charge in [0, 0.05) is 17.0 Å². The average Bonchev–Trinajstić information content (AvgIpc) is 3.23. The van der Waals surface area contributed by atoms with E-state index in [1.54, 1.807) is 12.1 Å². The molecule has 31 heavy (non-hydrogen) atoms. The number of aromatic amines is 1. The molecule has 3 N–H and O–H groups in total. The third-order valence-electron chi connectivity index (χ3n) is 4.64. The van der Waals surface area contributed by atoms with Crippen molar-refractivity contribution in [3.63, 3.8) is 0 Å². The Bertz CT molecular complexity index is 1360. The van der Waals surface area contributed by atoms with E-state index in [4.69, 9.17) is 5.73 Å². The Morgan fingerprint density at radius 1 is 0.968 bits per heavy atom. The highest BCUT2D eigenvalue weighted by Gasteiger charge is 2.12. The molecule has 0 radical (unpaired) electrons. The summed E-state index contributed by atoms with van der Waals surface area (Å²) >= 11 is 0. The van der Waals surface area contributed by atoms with E-state index in [0.717, 1.165) is 11.6 Å². The highest BCUT2D eigenvalue weighted by molar-refractivity contribution is 5.84. The number of nitrogens with zero attached hydrogens (tertiary/aromatic N) is 4. The smallest absolute Gasteiger partial charge is 0.182 e. The number of nitrogens with two attached hydrogens (primary N) is 1. The van der Waals surface area contributed by atoms with Gasteiger partial charge in [0.2, 0.25) is 0 Å². The predicted octanol–water partition coefficient (Wildman–Crippen LogP) is 4.82. The predicted molar refractivity (Wildman–Crippen MR) is 113 cm³/mol. The van der Waals surface area contributed by atoms with Gasteiger partial charge in [-0.2, -0.15) is 0 Å². The van der Waals surface area contributed by atoms with Gasteiger partial charge in [-0.15, -0.1) is 0 Å². The first-order valence-corrected chi connectivity index (χ1v) is 9.40. The number of nitrogen functional groups attached to an aromatic ring is 1. The fourth-order valence-electron chi connectivity index (χ4n) is 3.20. The van der Waals surface area contributed by atoms with Gasteiger partial charge in [0.05, 0.1) is 12.0 Å². The first-order chi connectivity index (χ1) is 15.0. The molecule has 3 aromatic heterocycles. The van der Waals surface area contributed by atoms with E-state index < -0.39 is 17.5 Å². The second kappa shape index (κ2) is 8.39. The van der Waals surface area contributed by atoms with Crippen molar-refractivity contribution >= 4 is 27.9 Å². The topological polar surface area (TPSA) is 93.4 Å². The Morgan fingerprint density at radius 3 is 2.45 bits per heavy atom. The zero-order valence-corrected chi connectivity index (χ0v) is 16.4. The van der Waals surface area contributed by atoms with Gasteiger partial charge in [-0.25, -0.2) is 33.1 Å². The number of benzene rings is 2. The van der Waals surface area contributed by atoms with Gasteiger partial charge in [0.1, 0.15) is 34.8 Å². The zero-order chi connectivity index (χ0) is 22.0. The maximum absolute atomic E-state index is 13.9. The van der Waals surface area contributed by atoms with E-state index in [1.165, 1.54) is 30.9 Å². The minimum Gasteiger partial charge on any atom is -0.382 e. The van der Waals surface area contributed by atoms with Crippen LogP contribution >= 0.6 is 0 Å². The van der Waals surface area contributed by atoms with Crippen LogP contribution in [0.3, 0.4) is 0 Å². The number of para-hydroxylation sites is 1. The molecule has 6 nitrogen and oxygen atoms in total. The molecular weight excluding hydrogens is 405 g/mol. The minimum absolute atomic E-state index is 0.203. The second-order valence-corrected chi connectivity index (χ2v) is 6.68. The Kier molecular flexibility index (Phi) is 5.48. The number of halogens is 3. The van der Waals surface area contributed by atoms with Crippen molar-refractivity contribution in [2.24, 2.45) is 0 Å². The molecule has 0 saturated heterocycles. The van der Waals surface area contributed by atoms with Crippen molar-refractivity contribution in [2.75, 3.05) is 5.73 Å². The summed E-state index contributed by atoms with van der Waals surface area (Å²) in [4.78, 5) is 18.7. The summed E-state index contributed by atoms with van der Waals surface area (Å²) in [5.41, 5.74) is 8.53. The quantitative estimate of drug-likeness (QED) is 0.426. The number of H-pyrrole nitrogens is 1. The lowest BCUT2D eigenvalue weighted by molar-refractivity contribution is 0.584. The summed E-state index contributed by atoms with van der Waals surface area (Å²) in [7, 11) is 0. The van der Waals surface area contributed by atoms with Crippen LogP contribution in [0.4, 0.5) is 19.0 Å². The molecule has 0 aliphatic heterocycles. The summed E-state index contributed by atoms with van der Waals surface area (Å²) in [5, 5.41) is 0.674. The number of imidazole rings is 1. The van der Waals surface area contributed by atoms with E-state index in [-0.39, 0.29) is 5.52 Å². The number of hydrogen-bond acceptors (Lipinski definition) is 5. The third kappa shape index (κ3) is 4.16. The van der Waals surface area contributed by atoms with Gasteiger partial charge in [-0.3, -0.25) is 0 Å². The van der Waals surface area contributed by atoms with Gasteiger partial charge >= 0.3 is 0 Å². The summed E-state index contributed by atoms with van der Waals surface area (Å²) in [6, 6.07) is 9.71. The Labute approximate surface area is 175 Å². The summed E-state index contributed by atoms with van der Waals surface area (Å²) in [5.74, 6) is -1.37. The molecule has 0 aliphatic carbocycles. The van der Waals surface area contributed by atoms with E-state index >= 15 is 0 Å². The summed E-state index contributed by atoms with van der Waals surface area (Å²) < 4.78 is 40.7. The molecule has 0 bridgehead atoms. The largest absolute Gasteiger partial charge is 0.382 e. The lowest BCUT2D eigenvalue weighted by Crippen LogP contribution is -1.96. The van der Waals surface area contributed by atoms with Crippen LogP contribution in [0.1, 0.15) is 12.5 Å². The molecule has 3 heterocycles. The summed E-state index contributed by atoms with van der Waals surface area (Å²) in [6.45, 7) is 1.92. The SMILES string of the molecule is CCc1cc2cccc(F)c2nc1-c1cc(F)cc(F)c1.Nc1ncnc2nc[nH]c12. The van der Waals surface area contributed by atoms with Crippen molar-refractivity contribution in [1.29, 1.82) is 0 Å². The van der Waals surface area contributed by atoms with Gasteiger partial charge in [0.25, 0.3) is 0 Å². The number of fused-ring (bicyclic) bond motifs is 2. The minimum atomic E-state index is -0.678. The van der Waals surface area contributed by atoms with Gasteiger partial charge < -0.3 is 10.7 Å². The van der Waals surface area contributed by atoms with E-state index in [1.807, 2.05) is 13.0 Å². The van der Waals surface area contributed by atoms with Gasteiger partial charge in [0.15, 0.2) is 11.5 Å². The molecule has 156 valence electrons. The van der Waals surface area contributed by atoms with Crippen LogP contribution in [0.15, 0.2) is 55.1 Å². The van der Waals surface area contributed by atoms with Crippen LogP contribution in [0.25, 0.3) is 33.3 Å². The van der Waals surface area contributed by atoms with E-state index in [9.17, 15) is 13.2 Å². The molecule has 0 fully saturated rings. The van der Waals surface area contributed by atoms with Crippen molar-refractivity contribution in [3.05, 3.63) is 78.1 Å². The van der Waals surface area contributed by atoms with Crippen LogP contribution in [0.5, 0.6) is 0 Å². The number of anilines is 1. The lowest BCUT2D eigenvalue weighted by atomic mass is 10.0. The van der Waals surface area contributed by atoms with Crippen LogP contribution in [0, 0.1) is 17.5 Å². The second-order valence-electron chi connectivity index (χ2n) is 6.68. The molecule has 0 aliphatic rings. The Morgan fingerprint density at radius 2 is 1.74 bits per heavy atom. The number of pyridine rings is 1. The monoisotopic (exact) mass is 422 g/mol. The van der Waals surface area contributed by atoms with Crippen molar-refractivity contribution in [3.8, 4) is 11.3 Å². The first-order valence-electron chi connectivity index (χ1n) is 9.40. The molecule has 5 aromatic rings. The molecule has 0 saturated carbocycles. The van der Waals surface area contributed by atoms with Crippen LogP contribution in [0.2, 0.25) is 0 Å². The van der Waals surface area contributed by atoms with Crippen LogP contribution < -0.4 is 5.73 Å². The van der Waals surface area contributed by atoms with E-state index in [2.05, 4.69) is 24.9 Å². The molecule has 0 unspecified atom stereocenters. The van der Waals surface area contributed by atoms with E-state index in [0.29, 0.717) is 40.0 Å². The Balaban J connectivity index is 0.000000192. The molecule has 9 heteroatoms. The standard InChI is InChI=1S/C17H12F3N.C5H5N5/c1-2-10-6-11-4-3-5-15(20)17(11)21-16(10)12-7-13(18)9-14(19)8-12;6-4-3-5(9-1-7-3)10-2-8-4/h3-9H,2H2,1H3;1-2H,(H3,6,7,8,9,10). The molecule has 0 spiro atoms. The summed E-state index contributed by atoms with van der Waals surface area (Å²) in [6.07, 6.45) is 3.56. The first kappa shape index (κ1) is 20.3. The fraction of sp³-hybridized carbons (Fsp3) is 0.0909. The molecule has 5 rings (SSSR count). The number of aryl methyl sites for hydroxylation is 1. The van der Waals surface area contributed by atoms with Crippen molar-refractivity contribution in [2.45, 2.75) is 13.3 Å². The molecular formula is C22H17F3N6. The molecule has 2 aromatic carbocycles. The van der Waals surface area contributed by atoms with Crippen molar-refractivity contribution in [1.82, 2.24) is 24.9 Å². The number of aromatic nitrogens is 5. The number of rotatable bonds is 2. The molecule has 0 atom stereocenters. The maximum Gasteiger partial charge on any atom is 0.182 e. The normalized spacial score (nSPS) is 10.8. The highest BCUT2D eigenvalue weighted by Crippen LogP contribution is 2.28. The average molecular weight is 422 g/mol. The fourth-order valence-corrected chi connectivity index (χ4v) is 3.20. The van der Waals surface area contributed by atoms with Crippen LogP contribution in [-0.4, -0.2) is 24.9 Å². The van der Waals surface area contributed by atoms with Gasteiger partial charge in [-0.05, 0) is 36.2 Å². The third-order valence-corrected chi connectivity index (χ3v) is 4.64. The molecule has 0 amide bonds. The Hall–Kier alpha value is -4.01.